The van der Waals surface area contributed by atoms with Crippen molar-refractivity contribution in [2.24, 2.45) is 5.92 Å². The molecule has 0 saturated carbocycles. The highest BCUT2D eigenvalue weighted by atomic mass is 19.3. The van der Waals surface area contributed by atoms with Gasteiger partial charge in [0.1, 0.15) is 11.6 Å². The van der Waals surface area contributed by atoms with Crippen LogP contribution in [0.25, 0.3) is 0 Å². The van der Waals surface area contributed by atoms with E-state index in [2.05, 4.69) is 0 Å². The highest BCUT2D eigenvalue weighted by molar-refractivity contribution is 5.70. The van der Waals surface area contributed by atoms with Gasteiger partial charge in [-0.25, -0.2) is 4.79 Å². The molecule has 1 amide bonds. The van der Waals surface area contributed by atoms with Crippen LogP contribution in [0, 0.1) is 5.92 Å². The summed E-state index contributed by atoms with van der Waals surface area (Å²) in [7, 11) is 0. The summed E-state index contributed by atoms with van der Waals surface area (Å²) in [4.78, 5) is 21.7. The summed E-state index contributed by atoms with van der Waals surface area (Å²) >= 11 is 0. The van der Waals surface area contributed by atoms with Crippen LogP contribution in [0.5, 0.6) is 0 Å². The second kappa shape index (κ2) is 5.42. The van der Waals surface area contributed by atoms with Gasteiger partial charge in [0.25, 0.3) is 0 Å². The van der Waals surface area contributed by atoms with Gasteiger partial charge in [-0.3, -0.25) is 4.79 Å². The average Bonchev–Trinajstić information content (AvgIpc) is 2.10. The molecule has 0 fully saturated rings. The molecular weight excluding hydrogens is 232 g/mol. The number of nitrogens with one attached hydrogen (secondary N) is 1. The molecule has 0 aliphatic heterocycles. The maximum absolute atomic E-state index is 13.2. The predicted octanol–water partition coefficient (Wildman–Crippen LogP) is 2.37. The molecule has 0 spiro atoms. The van der Waals surface area contributed by atoms with E-state index in [1.807, 2.05) is 5.32 Å². The van der Waals surface area contributed by atoms with Crippen LogP contribution in [-0.2, 0) is 9.53 Å². The van der Waals surface area contributed by atoms with E-state index in [9.17, 15) is 18.4 Å². The highest BCUT2D eigenvalue weighted by Gasteiger charge is 2.42. The first-order valence-corrected chi connectivity index (χ1v) is 5.33. The number of alkyl carbamates (subject to hydrolysis) is 1. The summed E-state index contributed by atoms with van der Waals surface area (Å²) in [5.74, 6) is -4.20. The Morgan fingerprint density at radius 2 is 1.76 bits per heavy atom. The first-order valence-electron chi connectivity index (χ1n) is 5.33. The van der Waals surface area contributed by atoms with Gasteiger partial charge in [0, 0.05) is 0 Å². The molecule has 1 N–H and O–H groups in total. The number of carbonyl (C=O) groups is 2. The van der Waals surface area contributed by atoms with Crippen molar-refractivity contribution in [2.45, 2.75) is 52.2 Å². The van der Waals surface area contributed by atoms with Crippen LogP contribution in [0.3, 0.4) is 0 Å². The smallest absolute Gasteiger partial charge is 0.408 e. The van der Waals surface area contributed by atoms with Gasteiger partial charge in [-0.15, -0.1) is 0 Å². The summed E-state index contributed by atoms with van der Waals surface area (Å²) in [6.45, 7) is 7.83. The fourth-order valence-electron chi connectivity index (χ4n) is 1.22. The van der Waals surface area contributed by atoms with E-state index < -0.39 is 35.9 Å². The van der Waals surface area contributed by atoms with Gasteiger partial charge in [0.15, 0.2) is 6.29 Å². The number of carbonyl (C=O) groups excluding carboxylic acids is 2. The van der Waals surface area contributed by atoms with Crippen LogP contribution in [0.1, 0.15) is 34.6 Å². The van der Waals surface area contributed by atoms with E-state index in [1.54, 1.807) is 20.8 Å². The zero-order valence-corrected chi connectivity index (χ0v) is 10.7. The molecule has 0 saturated heterocycles. The lowest BCUT2D eigenvalue weighted by molar-refractivity contribution is -0.135. The number of alkyl halides is 2. The molecule has 0 aromatic carbocycles. The number of hydrogen-bond donors (Lipinski definition) is 1. The standard InChI is InChI=1S/C11H19F2NO3/c1-7(2)8(11(12,13)6-15)14-9(16)17-10(3,4)5/h6-8H,1-5H3,(H,14,16). The second-order valence-electron chi connectivity index (χ2n) is 5.16. The first kappa shape index (κ1) is 15.8. The Labute approximate surface area is 99.7 Å². The third-order valence-corrected chi connectivity index (χ3v) is 1.91. The van der Waals surface area contributed by atoms with Gasteiger partial charge < -0.3 is 10.1 Å². The molecule has 6 heteroatoms. The fourth-order valence-corrected chi connectivity index (χ4v) is 1.22. The van der Waals surface area contributed by atoms with Crippen LogP contribution >= 0.6 is 0 Å². The maximum Gasteiger partial charge on any atom is 0.408 e. The lowest BCUT2D eigenvalue weighted by atomic mass is 9.99. The molecule has 0 aromatic heterocycles. The largest absolute Gasteiger partial charge is 0.444 e. The van der Waals surface area contributed by atoms with Gasteiger partial charge in [0.05, 0.1) is 0 Å². The zero-order chi connectivity index (χ0) is 13.9. The first-order chi connectivity index (χ1) is 7.49. The van der Waals surface area contributed by atoms with Gasteiger partial charge in [-0.05, 0) is 26.7 Å². The summed E-state index contributed by atoms with van der Waals surface area (Å²) in [6.07, 6.45) is -1.42. The summed E-state index contributed by atoms with van der Waals surface area (Å²) in [5, 5.41) is 2.02. The summed E-state index contributed by atoms with van der Waals surface area (Å²) in [5.41, 5.74) is -0.776. The third-order valence-electron chi connectivity index (χ3n) is 1.91. The molecule has 0 aliphatic carbocycles. The van der Waals surface area contributed by atoms with Crippen molar-refractivity contribution in [3.8, 4) is 0 Å². The monoisotopic (exact) mass is 251 g/mol. The number of aldehydes is 1. The Morgan fingerprint density at radius 3 is 2.06 bits per heavy atom. The lowest BCUT2D eigenvalue weighted by Crippen LogP contribution is -2.52. The molecule has 0 radical (unpaired) electrons. The normalized spacial score (nSPS) is 14.4. The number of rotatable bonds is 4. The van der Waals surface area contributed by atoms with Crippen molar-refractivity contribution in [3.63, 3.8) is 0 Å². The van der Waals surface area contributed by atoms with E-state index in [-0.39, 0.29) is 0 Å². The summed E-state index contributed by atoms with van der Waals surface area (Å²) < 4.78 is 31.3. The summed E-state index contributed by atoms with van der Waals surface area (Å²) in [6, 6.07) is -1.57. The van der Waals surface area contributed by atoms with Gasteiger partial charge >= 0.3 is 12.0 Å². The van der Waals surface area contributed by atoms with E-state index >= 15 is 0 Å². The van der Waals surface area contributed by atoms with Crippen molar-refractivity contribution >= 4 is 12.4 Å². The molecule has 0 aliphatic rings. The Kier molecular flexibility index (Phi) is 5.04. The van der Waals surface area contributed by atoms with E-state index in [1.165, 1.54) is 13.8 Å². The molecule has 17 heavy (non-hydrogen) atoms. The molecule has 0 heterocycles. The Bertz CT molecular complexity index is 285. The van der Waals surface area contributed by atoms with E-state index in [0.717, 1.165) is 0 Å². The van der Waals surface area contributed by atoms with Crippen molar-refractivity contribution in [3.05, 3.63) is 0 Å². The van der Waals surface area contributed by atoms with Crippen LogP contribution in [-0.4, -0.2) is 29.9 Å². The van der Waals surface area contributed by atoms with Crippen LogP contribution in [0.15, 0.2) is 0 Å². The Balaban J connectivity index is 4.69. The topological polar surface area (TPSA) is 55.4 Å². The highest BCUT2D eigenvalue weighted by Crippen LogP contribution is 2.22. The quantitative estimate of drug-likeness (QED) is 0.780. The lowest BCUT2D eigenvalue weighted by Gasteiger charge is -2.28. The molecule has 100 valence electrons. The fraction of sp³-hybridized carbons (Fsp3) is 0.818. The molecule has 1 atom stereocenters. The third kappa shape index (κ3) is 5.60. The SMILES string of the molecule is CC(C)C(NC(=O)OC(C)(C)C)C(F)(F)C=O. The minimum Gasteiger partial charge on any atom is -0.444 e. The average molecular weight is 251 g/mol. The van der Waals surface area contributed by atoms with Crippen LogP contribution in [0.2, 0.25) is 0 Å². The molecule has 0 bridgehead atoms. The maximum atomic E-state index is 13.2. The minimum atomic E-state index is -3.61. The van der Waals surface area contributed by atoms with Gasteiger partial charge in [0.2, 0.25) is 0 Å². The Hall–Kier alpha value is -1.20. The molecular formula is C11H19F2NO3. The molecule has 1 unspecified atom stereocenters. The van der Waals surface area contributed by atoms with Crippen molar-refractivity contribution in [1.82, 2.24) is 5.32 Å². The van der Waals surface area contributed by atoms with Crippen molar-refractivity contribution < 1.29 is 23.1 Å². The van der Waals surface area contributed by atoms with E-state index in [0.29, 0.717) is 0 Å². The van der Waals surface area contributed by atoms with E-state index in [4.69, 9.17) is 4.74 Å². The molecule has 0 rings (SSSR count). The zero-order valence-electron chi connectivity index (χ0n) is 10.7. The van der Waals surface area contributed by atoms with Gasteiger partial charge in [-0.1, -0.05) is 13.8 Å². The van der Waals surface area contributed by atoms with Crippen molar-refractivity contribution in [1.29, 1.82) is 0 Å². The number of ether oxygens (including phenoxy) is 1. The second-order valence-corrected chi connectivity index (χ2v) is 5.16. The van der Waals surface area contributed by atoms with Gasteiger partial charge in [-0.2, -0.15) is 8.78 Å². The van der Waals surface area contributed by atoms with Crippen LogP contribution in [0.4, 0.5) is 13.6 Å². The predicted molar refractivity (Wildman–Crippen MR) is 59.0 cm³/mol. The molecule has 0 aromatic rings. The van der Waals surface area contributed by atoms with Crippen molar-refractivity contribution in [2.75, 3.05) is 0 Å². The number of halogens is 2. The number of hydrogen-bond acceptors (Lipinski definition) is 3. The number of amides is 1. The minimum absolute atomic E-state index is 0.463. The van der Waals surface area contributed by atoms with Crippen LogP contribution < -0.4 is 5.32 Å². The molecule has 4 nitrogen and oxygen atoms in total. The Morgan fingerprint density at radius 1 is 1.29 bits per heavy atom.